The first-order valence-electron chi connectivity index (χ1n) is 21.0. The minimum atomic E-state index is -0.931. The molecule has 3 amide bonds. The third-order valence-corrected chi connectivity index (χ3v) is 12.5. The van der Waals surface area contributed by atoms with Crippen LogP contribution in [0, 0.1) is 31.3 Å². The number of pyridine rings is 2. The van der Waals surface area contributed by atoms with E-state index in [1.807, 2.05) is 84.8 Å². The maximum absolute atomic E-state index is 14.8. The van der Waals surface area contributed by atoms with E-state index in [4.69, 9.17) is 0 Å². The van der Waals surface area contributed by atoms with Crippen LogP contribution in [0.1, 0.15) is 83.6 Å². The van der Waals surface area contributed by atoms with Gasteiger partial charge in [-0.2, -0.15) is 0 Å². The first-order chi connectivity index (χ1) is 30.0. The third kappa shape index (κ3) is 7.60. The number of amides is 3. The number of nitrogens with zero attached hydrogens (tertiary/aromatic N) is 7. The van der Waals surface area contributed by atoms with E-state index < -0.39 is 27.9 Å². The highest BCUT2D eigenvalue weighted by Crippen LogP contribution is 2.47. The second-order valence-corrected chi connectivity index (χ2v) is 18.3. The second-order valence-electron chi connectivity index (χ2n) is 18.3. The molecule has 64 heavy (non-hydrogen) atoms. The topological polar surface area (TPSA) is 112 Å². The molecule has 0 unspecified atom stereocenters. The average Bonchev–Trinajstić information content (AvgIpc) is 3.64. The predicted octanol–water partition coefficient (Wildman–Crippen LogP) is 10.2. The van der Waals surface area contributed by atoms with Gasteiger partial charge in [-0.15, -0.1) is 0 Å². The monoisotopic (exact) mass is 867 g/mol. The van der Waals surface area contributed by atoms with E-state index >= 15 is 0 Å². The van der Waals surface area contributed by atoms with Crippen LogP contribution < -0.4 is 14.7 Å². The molecule has 0 N–H and O–H groups in total. The van der Waals surface area contributed by atoms with Gasteiger partial charge in [-0.3, -0.25) is 24.4 Å². The number of hydrogen-bond acceptors (Lipinski definition) is 7. The van der Waals surface area contributed by atoms with Crippen molar-refractivity contribution in [3.63, 3.8) is 0 Å². The maximum atomic E-state index is 14.8. The lowest BCUT2D eigenvalue weighted by Gasteiger charge is -2.24. The molecule has 13 heteroatoms. The number of anilines is 3. The fourth-order valence-corrected chi connectivity index (χ4v) is 8.76. The zero-order chi connectivity index (χ0) is 46.8. The maximum Gasteiger partial charge on any atom is 0.237 e. The molecule has 0 saturated carbocycles. The zero-order valence-electron chi connectivity index (χ0n) is 38.2. The van der Waals surface area contributed by atoms with Crippen molar-refractivity contribution in [3.05, 3.63) is 137 Å². The lowest BCUT2D eigenvalue weighted by Crippen LogP contribution is -2.40. The quantitative estimate of drug-likeness (QED) is 0.173. The Labute approximate surface area is 372 Å². The Bertz CT molecular complexity index is 2840. The molecule has 330 valence electrons. The van der Waals surface area contributed by atoms with Gasteiger partial charge >= 0.3 is 0 Å². The first kappa shape index (κ1) is 45.3. The van der Waals surface area contributed by atoms with Gasteiger partial charge in [0, 0.05) is 84.9 Å². The van der Waals surface area contributed by atoms with Crippen LogP contribution in [0.25, 0.3) is 33.4 Å². The molecule has 10 nitrogen and oxygen atoms in total. The van der Waals surface area contributed by atoms with Crippen LogP contribution in [0.3, 0.4) is 0 Å². The fraction of sp³-hybridized carbons (Fsp3) is 0.314. The number of benzene rings is 3. The highest BCUT2D eigenvalue weighted by Gasteiger charge is 2.47. The van der Waals surface area contributed by atoms with Gasteiger partial charge in [0.25, 0.3) is 0 Å². The van der Waals surface area contributed by atoms with Gasteiger partial charge in [0.05, 0.1) is 27.5 Å². The summed E-state index contributed by atoms with van der Waals surface area (Å²) in [5, 5.41) is 0. The Morgan fingerprint density at radius 2 is 1.20 bits per heavy atom. The van der Waals surface area contributed by atoms with Crippen molar-refractivity contribution in [1.82, 2.24) is 19.9 Å². The minimum Gasteiger partial charge on any atom is -0.314 e. The van der Waals surface area contributed by atoms with Gasteiger partial charge in [0.1, 0.15) is 17.5 Å². The van der Waals surface area contributed by atoms with Gasteiger partial charge in [0.15, 0.2) is 5.82 Å². The van der Waals surface area contributed by atoms with Gasteiger partial charge in [-0.25, -0.2) is 23.1 Å². The lowest BCUT2D eigenvalue weighted by molar-refractivity contribution is -0.123. The molecule has 0 radical (unpaired) electrons. The van der Waals surface area contributed by atoms with E-state index in [-0.39, 0.29) is 40.8 Å². The number of hydrogen-bond donors (Lipinski definition) is 0. The molecule has 3 aromatic carbocycles. The fourth-order valence-electron chi connectivity index (χ4n) is 8.76. The van der Waals surface area contributed by atoms with Crippen LogP contribution in [-0.4, -0.2) is 57.8 Å². The highest BCUT2D eigenvalue weighted by molar-refractivity contribution is 6.10. The van der Waals surface area contributed by atoms with Crippen LogP contribution in [0.4, 0.5) is 30.2 Å². The van der Waals surface area contributed by atoms with E-state index in [0.29, 0.717) is 16.7 Å². The van der Waals surface area contributed by atoms with E-state index in [0.717, 1.165) is 50.7 Å². The Hall–Kier alpha value is -6.76. The van der Waals surface area contributed by atoms with Crippen molar-refractivity contribution in [3.8, 4) is 33.4 Å². The summed E-state index contributed by atoms with van der Waals surface area (Å²) in [6, 6.07) is 17.6. The summed E-state index contributed by atoms with van der Waals surface area (Å²) >= 11 is 0. The van der Waals surface area contributed by atoms with Gasteiger partial charge < -0.3 is 14.7 Å². The molecule has 9 rings (SSSR count). The summed E-state index contributed by atoms with van der Waals surface area (Å²) in [4.78, 5) is 58.5. The number of halogens is 3. The number of likely N-dealkylation sites (N-methyl/N-ethyl adjacent to an activating group) is 2. The number of aryl methyl sites for hydroxylation is 2. The Morgan fingerprint density at radius 3 is 1.83 bits per heavy atom. The molecule has 0 bridgehead atoms. The largest absolute Gasteiger partial charge is 0.314 e. The molecule has 6 aromatic rings. The Morgan fingerprint density at radius 1 is 0.578 bits per heavy atom. The van der Waals surface area contributed by atoms with Crippen molar-refractivity contribution in [2.45, 2.75) is 91.5 Å². The van der Waals surface area contributed by atoms with Crippen LogP contribution in [-0.2, 0) is 30.6 Å². The normalized spacial score (nSPS) is 16.2. The van der Waals surface area contributed by atoms with Crippen molar-refractivity contribution in [1.29, 1.82) is 0 Å². The molecule has 0 aliphatic carbocycles. The molecular weight excluding hydrogens is 816 g/mol. The summed E-state index contributed by atoms with van der Waals surface area (Å²) in [7, 11) is 3.24. The summed E-state index contributed by atoms with van der Waals surface area (Å²) in [5.41, 5.74) is 6.33. The Balaban J connectivity index is 0.000000144. The summed E-state index contributed by atoms with van der Waals surface area (Å²) < 4.78 is 43.7. The second kappa shape index (κ2) is 16.4. The molecule has 0 spiro atoms. The highest BCUT2D eigenvalue weighted by atomic mass is 19.1. The molecular formula is C51H52F3N7O3. The summed E-state index contributed by atoms with van der Waals surface area (Å²) in [5.74, 6) is -1.07. The van der Waals surface area contributed by atoms with E-state index in [1.54, 1.807) is 56.3 Å². The zero-order valence-corrected chi connectivity index (χ0v) is 38.2. The predicted molar refractivity (Wildman–Crippen MR) is 245 cm³/mol. The Kier molecular flexibility index (Phi) is 11.6. The van der Waals surface area contributed by atoms with Crippen molar-refractivity contribution < 1.29 is 27.6 Å². The molecule has 6 heterocycles. The smallest absolute Gasteiger partial charge is 0.237 e. The summed E-state index contributed by atoms with van der Waals surface area (Å²) in [6.07, 6.45) is 8.24. The summed E-state index contributed by atoms with van der Waals surface area (Å²) in [6.45, 7) is 18.8. The van der Waals surface area contributed by atoms with Crippen LogP contribution in [0.5, 0.6) is 0 Å². The van der Waals surface area contributed by atoms with Crippen molar-refractivity contribution in [2.75, 3.05) is 28.8 Å². The number of rotatable bonds is 4. The molecule has 3 aliphatic heterocycles. The van der Waals surface area contributed by atoms with Crippen LogP contribution in [0.15, 0.2) is 91.6 Å². The standard InChI is InChI=1S/C18H21N3O.C17H17FN2O.C16H14F2N2O/c1-11(2)21-16-8-13(14-9-19-12(3)20-10-14)6-7-15(16)18(4,5)17(21)22;1-10-7-11(5-6-19-10)12-8-15-13(9-14(12)18)17(2,3)16(21)20(15)4;1-16(2)10-7-11(17)12(9-5-4-6-19-8-9)13(18)14(10)20(3)15(16)21/h6-11H,1-5H3;5-9H,1-4H3;4-8H,1-3H3. The number of carbonyl (C=O) groups excluding carboxylic acids is 3. The van der Waals surface area contributed by atoms with Gasteiger partial charge in [-0.1, -0.05) is 18.2 Å². The SMILES string of the molecule is CN1C(=O)C(C)(C)c2cc(F)c(-c3cccnc3)c(F)c21.Cc1cc(-c2cc3c(cc2F)C(C)(C)C(=O)N3C)ccn1.Cc1ncc(-c2ccc3c(c2)N(C(C)C)C(=O)C3(C)C)cn1. The number of carbonyl (C=O) groups is 3. The van der Waals surface area contributed by atoms with Crippen molar-refractivity contribution >= 4 is 34.8 Å². The average molecular weight is 868 g/mol. The number of aromatic nitrogens is 4. The number of fused-ring (bicyclic) bond motifs is 3. The van der Waals surface area contributed by atoms with Crippen LogP contribution >= 0.6 is 0 Å². The minimum absolute atomic E-state index is 0.0139. The van der Waals surface area contributed by atoms with Gasteiger partial charge in [-0.05, 0) is 140 Å². The van der Waals surface area contributed by atoms with E-state index in [9.17, 15) is 27.6 Å². The molecule has 0 atom stereocenters. The van der Waals surface area contributed by atoms with Gasteiger partial charge in [0.2, 0.25) is 17.7 Å². The molecule has 0 fully saturated rings. The molecule has 3 aromatic heterocycles. The van der Waals surface area contributed by atoms with Crippen molar-refractivity contribution in [2.24, 2.45) is 0 Å². The molecule has 0 saturated heterocycles. The lowest BCUT2D eigenvalue weighted by atomic mass is 9.85. The third-order valence-electron chi connectivity index (χ3n) is 12.5. The molecule has 3 aliphatic rings. The van der Waals surface area contributed by atoms with Crippen LogP contribution in [0.2, 0.25) is 0 Å². The van der Waals surface area contributed by atoms with E-state index in [2.05, 4.69) is 32.1 Å². The first-order valence-corrected chi connectivity index (χ1v) is 21.0. The van der Waals surface area contributed by atoms with E-state index in [1.165, 1.54) is 36.5 Å².